The number of hydrogen-bond acceptors (Lipinski definition) is 3. The Balaban J connectivity index is 2.18. The molecule has 3 aromatic rings. The van der Waals surface area contributed by atoms with Crippen LogP contribution in [0.15, 0.2) is 66.7 Å². The molecule has 0 aromatic heterocycles. The molecule has 0 saturated heterocycles. The normalized spacial score (nSPS) is 11.4. The minimum Gasteiger partial charge on any atom is -0.413 e. The van der Waals surface area contributed by atoms with Gasteiger partial charge in [-0.15, -0.1) is 0 Å². The molecule has 0 N–H and O–H groups in total. The van der Waals surface area contributed by atoms with Gasteiger partial charge in [0, 0.05) is 0 Å². The summed E-state index contributed by atoms with van der Waals surface area (Å²) in [5.74, 6) is 1.29. The van der Waals surface area contributed by atoms with Crippen LogP contribution in [0.3, 0.4) is 0 Å². The van der Waals surface area contributed by atoms with Gasteiger partial charge in [0.25, 0.3) is 0 Å². The van der Waals surface area contributed by atoms with Crippen molar-refractivity contribution in [1.82, 2.24) is 0 Å². The zero-order valence-corrected chi connectivity index (χ0v) is 22.1. The highest BCUT2D eigenvalue weighted by molar-refractivity contribution is 7.63. The van der Waals surface area contributed by atoms with Crippen molar-refractivity contribution >= 4 is 12.9 Å². The lowest BCUT2D eigenvalue weighted by Gasteiger charge is -2.25. The van der Waals surface area contributed by atoms with E-state index in [9.17, 15) is 4.57 Å². The summed E-state index contributed by atoms with van der Waals surface area (Å²) in [6, 6.07) is 21.9. The van der Waals surface area contributed by atoms with Gasteiger partial charge in [0.15, 0.2) is 0 Å². The van der Waals surface area contributed by atoms with Crippen LogP contribution in [0.1, 0.15) is 75.6 Å². The van der Waals surface area contributed by atoms with Crippen molar-refractivity contribution in [3.8, 4) is 11.5 Å². The molecule has 0 fully saturated rings. The van der Waals surface area contributed by atoms with Gasteiger partial charge >= 0.3 is 7.60 Å². The summed E-state index contributed by atoms with van der Waals surface area (Å²) in [6.45, 7) is 8.62. The van der Waals surface area contributed by atoms with Crippen molar-refractivity contribution < 1.29 is 13.6 Å². The molecule has 0 unspecified atom stereocenters. The van der Waals surface area contributed by atoms with Crippen molar-refractivity contribution in [3.63, 3.8) is 0 Å². The summed E-state index contributed by atoms with van der Waals surface area (Å²) in [7, 11) is -3.73. The van der Waals surface area contributed by atoms with Crippen molar-refractivity contribution in [2.24, 2.45) is 0 Å². The maximum Gasteiger partial charge on any atom is 0.463 e. The van der Waals surface area contributed by atoms with E-state index in [1.807, 2.05) is 48.5 Å². The van der Waals surface area contributed by atoms with Crippen molar-refractivity contribution in [3.05, 3.63) is 89.0 Å². The van der Waals surface area contributed by atoms with Crippen molar-refractivity contribution in [1.29, 1.82) is 0 Å². The molecule has 0 spiro atoms. The van der Waals surface area contributed by atoms with Gasteiger partial charge in [-0.1, -0.05) is 102 Å². The average molecular weight is 479 g/mol. The zero-order chi connectivity index (χ0) is 24.4. The third kappa shape index (κ3) is 6.33. The molecule has 0 aliphatic carbocycles. The van der Waals surface area contributed by atoms with Crippen molar-refractivity contribution in [2.45, 2.75) is 79.1 Å². The Kier molecular flexibility index (Phi) is 9.84. The van der Waals surface area contributed by atoms with E-state index in [1.54, 1.807) is 0 Å². The SMILES string of the molecule is CCCc1ccccc1OP(=O)(Oc1ccccc1CCC)c1cccc(CCC)c1CCC. The van der Waals surface area contributed by atoms with E-state index < -0.39 is 7.60 Å². The monoisotopic (exact) mass is 478 g/mol. The van der Waals surface area contributed by atoms with Gasteiger partial charge in [0.2, 0.25) is 0 Å². The van der Waals surface area contributed by atoms with Crippen LogP contribution < -0.4 is 14.4 Å². The molecule has 0 aliphatic rings. The highest BCUT2D eigenvalue weighted by atomic mass is 31.2. The van der Waals surface area contributed by atoms with Gasteiger partial charge in [0.1, 0.15) is 11.5 Å². The second-order valence-corrected chi connectivity index (χ2v) is 10.7. The summed E-state index contributed by atoms with van der Waals surface area (Å²) in [4.78, 5) is 0. The first-order valence-electron chi connectivity index (χ1n) is 12.8. The van der Waals surface area contributed by atoms with Crippen molar-refractivity contribution in [2.75, 3.05) is 0 Å². The number of para-hydroxylation sites is 2. The summed E-state index contributed by atoms with van der Waals surface area (Å²) in [5.41, 5.74) is 4.45. The second-order valence-electron chi connectivity index (χ2n) is 8.81. The van der Waals surface area contributed by atoms with E-state index >= 15 is 0 Å². The van der Waals surface area contributed by atoms with Crippen LogP contribution in [0, 0.1) is 0 Å². The summed E-state index contributed by atoms with van der Waals surface area (Å²) in [6.07, 6.45) is 7.48. The van der Waals surface area contributed by atoms with Crippen LogP contribution in [0.4, 0.5) is 0 Å². The smallest absolute Gasteiger partial charge is 0.413 e. The standard InChI is InChI=1S/C30H39O3P/c1-5-14-24-20-13-23-30(27(24)17-8-4)34(31,32-28-21-11-9-18-25(28)15-6-2)33-29-22-12-10-19-26(29)16-7-3/h9-13,18-23H,5-8,14-17H2,1-4H3. The van der Waals surface area contributed by atoms with Crippen LogP contribution in [0.2, 0.25) is 0 Å². The minimum atomic E-state index is -3.73. The Bertz CT molecular complexity index is 1050. The lowest BCUT2D eigenvalue weighted by molar-refractivity contribution is 0.395. The van der Waals surface area contributed by atoms with E-state index in [4.69, 9.17) is 9.05 Å². The molecule has 182 valence electrons. The first-order chi connectivity index (χ1) is 16.6. The van der Waals surface area contributed by atoms with E-state index in [0.717, 1.165) is 68.1 Å². The summed E-state index contributed by atoms with van der Waals surface area (Å²) >= 11 is 0. The Labute approximate surface area is 206 Å². The van der Waals surface area contributed by atoms with Crippen LogP contribution in [0.5, 0.6) is 11.5 Å². The molecular formula is C30H39O3P. The Morgan fingerprint density at radius 2 is 1.00 bits per heavy atom. The molecule has 0 atom stereocenters. The molecule has 3 nitrogen and oxygen atoms in total. The lowest BCUT2D eigenvalue weighted by Crippen LogP contribution is -2.21. The first kappa shape index (κ1) is 26.1. The molecular weight excluding hydrogens is 439 g/mol. The van der Waals surface area contributed by atoms with Gasteiger partial charge in [-0.3, -0.25) is 0 Å². The third-order valence-electron chi connectivity index (χ3n) is 5.98. The van der Waals surface area contributed by atoms with Crippen LogP contribution in [-0.2, 0) is 30.2 Å². The molecule has 0 saturated carbocycles. The predicted molar refractivity (Wildman–Crippen MR) is 144 cm³/mol. The Morgan fingerprint density at radius 3 is 1.50 bits per heavy atom. The number of aryl methyl sites for hydroxylation is 3. The van der Waals surface area contributed by atoms with Gasteiger partial charge in [-0.25, -0.2) is 4.57 Å². The lowest BCUT2D eigenvalue weighted by atomic mass is 10.00. The summed E-state index contributed by atoms with van der Waals surface area (Å²) in [5, 5.41) is 0.693. The molecule has 0 aliphatic heterocycles. The van der Waals surface area contributed by atoms with Gasteiger partial charge in [-0.2, -0.15) is 0 Å². The molecule has 0 heterocycles. The highest BCUT2D eigenvalue weighted by Crippen LogP contribution is 2.50. The highest BCUT2D eigenvalue weighted by Gasteiger charge is 2.35. The number of benzene rings is 3. The quantitative estimate of drug-likeness (QED) is 0.231. The maximum atomic E-state index is 14.9. The largest absolute Gasteiger partial charge is 0.463 e. The Hall–Kier alpha value is -2.51. The van der Waals surface area contributed by atoms with E-state index in [2.05, 4.69) is 45.9 Å². The number of rotatable bonds is 13. The molecule has 3 rings (SSSR count). The molecule has 34 heavy (non-hydrogen) atoms. The fourth-order valence-corrected chi connectivity index (χ4v) is 6.40. The number of hydrogen-bond donors (Lipinski definition) is 0. The van der Waals surface area contributed by atoms with Gasteiger partial charge in [0.05, 0.1) is 5.30 Å². The molecule has 0 radical (unpaired) electrons. The average Bonchev–Trinajstić information content (AvgIpc) is 2.83. The topological polar surface area (TPSA) is 35.5 Å². The van der Waals surface area contributed by atoms with E-state index in [-0.39, 0.29) is 0 Å². The molecule has 4 heteroatoms. The van der Waals surface area contributed by atoms with E-state index in [0.29, 0.717) is 16.8 Å². The minimum absolute atomic E-state index is 0.643. The fraction of sp³-hybridized carbons (Fsp3) is 0.400. The first-order valence-corrected chi connectivity index (χ1v) is 14.4. The summed E-state index contributed by atoms with van der Waals surface area (Å²) < 4.78 is 27.8. The van der Waals surface area contributed by atoms with Crippen LogP contribution in [0.25, 0.3) is 0 Å². The van der Waals surface area contributed by atoms with Crippen LogP contribution in [-0.4, -0.2) is 0 Å². The molecule has 0 bridgehead atoms. The molecule has 3 aromatic carbocycles. The van der Waals surface area contributed by atoms with Gasteiger partial charge < -0.3 is 9.05 Å². The third-order valence-corrected chi connectivity index (χ3v) is 7.87. The fourth-order valence-electron chi connectivity index (χ4n) is 4.43. The maximum absolute atomic E-state index is 14.9. The zero-order valence-electron chi connectivity index (χ0n) is 21.2. The Morgan fingerprint density at radius 1 is 0.559 bits per heavy atom. The predicted octanol–water partition coefficient (Wildman–Crippen LogP) is 8.47. The molecule has 0 amide bonds. The van der Waals surface area contributed by atoms with Crippen LogP contribution >= 0.6 is 7.60 Å². The van der Waals surface area contributed by atoms with Gasteiger partial charge in [-0.05, 0) is 66.1 Å². The van der Waals surface area contributed by atoms with E-state index in [1.165, 1.54) is 5.56 Å². The second kappa shape index (κ2) is 12.8.